The van der Waals surface area contributed by atoms with Crippen LogP contribution in [0.3, 0.4) is 0 Å². The highest BCUT2D eigenvalue weighted by atomic mass is 32.2. The number of benzene rings is 4. The first kappa shape index (κ1) is 31.1. The van der Waals surface area contributed by atoms with E-state index in [9.17, 15) is 32.7 Å². The van der Waals surface area contributed by atoms with Crippen LogP contribution >= 0.6 is 11.8 Å². The molecule has 0 bridgehead atoms. The Kier molecular flexibility index (Phi) is 10.4. The van der Waals surface area contributed by atoms with Crippen molar-refractivity contribution in [1.29, 1.82) is 0 Å². The van der Waals surface area contributed by atoms with Crippen molar-refractivity contribution < 1.29 is 32.7 Å². The lowest BCUT2D eigenvalue weighted by Gasteiger charge is -2.17. The van der Waals surface area contributed by atoms with Gasteiger partial charge in [-0.15, -0.1) is 0 Å². The Morgan fingerprint density at radius 1 is 0.791 bits per heavy atom. The quantitative estimate of drug-likeness (QED) is 0.167. The summed E-state index contributed by atoms with van der Waals surface area (Å²) in [6.45, 7) is 0. The molecule has 220 valence electrons. The Balaban J connectivity index is 1.55. The molecule has 0 saturated carbocycles. The van der Waals surface area contributed by atoms with Crippen molar-refractivity contribution in [2.75, 3.05) is 5.75 Å². The third-order valence-electron chi connectivity index (χ3n) is 6.30. The molecule has 10 heteroatoms. The lowest BCUT2D eigenvalue weighted by molar-refractivity contribution is -0.140. The second-order valence-corrected chi connectivity index (χ2v) is 10.5. The highest BCUT2D eigenvalue weighted by molar-refractivity contribution is 7.98. The maximum Gasteiger partial charge on any atom is 0.416 e. The average Bonchev–Trinajstić information content (AvgIpc) is 3.01. The first-order valence-electron chi connectivity index (χ1n) is 13.1. The van der Waals surface area contributed by atoms with Crippen LogP contribution in [0.4, 0.5) is 13.2 Å². The Morgan fingerprint density at radius 2 is 1.37 bits per heavy atom. The van der Waals surface area contributed by atoms with Crippen molar-refractivity contribution >= 4 is 35.6 Å². The minimum absolute atomic E-state index is 0.0574. The number of rotatable bonds is 11. The van der Waals surface area contributed by atoms with Gasteiger partial charge in [0.15, 0.2) is 0 Å². The molecule has 0 aromatic heterocycles. The Hall–Kier alpha value is -4.83. The first-order chi connectivity index (χ1) is 20.6. The van der Waals surface area contributed by atoms with E-state index in [1.807, 2.05) is 72.8 Å². The normalized spacial score (nSPS) is 12.3. The number of carboxylic acids is 1. The van der Waals surface area contributed by atoms with Gasteiger partial charge in [0.25, 0.3) is 11.8 Å². The van der Waals surface area contributed by atoms with E-state index in [2.05, 4.69) is 10.6 Å². The highest BCUT2D eigenvalue weighted by Crippen LogP contribution is 2.29. The lowest BCUT2D eigenvalue weighted by Crippen LogP contribution is -2.45. The van der Waals surface area contributed by atoms with Gasteiger partial charge in [-0.05, 0) is 52.6 Å². The van der Waals surface area contributed by atoms with Gasteiger partial charge >= 0.3 is 12.1 Å². The van der Waals surface area contributed by atoms with Gasteiger partial charge in [-0.3, -0.25) is 9.59 Å². The van der Waals surface area contributed by atoms with Crippen molar-refractivity contribution in [3.05, 3.63) is 137 Å². The van der Waals surface area contributed by atoms with Gasteiger partial charge in [-0.2, -0.15) is 24.9 Å². The molecule has 43 heavy (non-hydrogen) atoms. The summed E-state index contributed by atoms with van der Waals surface area (Å²) in [5.74, 6) is -2.36. The molecule has 4 rings (SSSR count). The Labute approximate surface area is 250 Å². The monoisotopic (exact) mass is 604 g/mol. The molecule has 0 saturated heterocycles. The summed E-state index contributed by atoms with van der Waals surface area (Å²) in [5, 5.41) is 14.7. The summed E-state index contributed by atoms with van der Waals surface area (Å²) in [5.41, 5.74) is 2.11. The van der Waals surface area contributed by atoms with Gasteiger partial charge in [0.05, 0.1) is 5.56 Å². The fourth-order valence-electron chi connectivity index (χ4n) is 4.01. The molecular formula is C33H27F3N2O4S. The van der Waals surface area contributed by atoms with Gasteiger partial charge in [-0.1, -0.05) is 84.9 Å². The number of aliphatic carboxylic acids is 1. The molecule has 0 heterocycles. The van der Waals surface area contributed by atoms with Gasteiger partial charge in [0, 0.05) is 17.1 Å². The standard InChI is InChI=1S/C33H27F3N2O4S/c34-33(35,36)27-17-15-26(16-18-27)30(39)37-28(19-22-11-13-25(14-12-22)24-9-5-2-6-10-24)31(40)38-29(32(41)42)21-43-20-23-7-3-1-4-8-23/h1-19,29H,20-21H2,(H,37,39)(H,38,40)(H,41,42)/t29-/m0/s1. The number of hydrogen-bond donors (Lipinski definition) is 3. The van der Waals surface area contributed by atoms with Crippen molar-refractivity contribution in [3.63, 3.8) is 0 Å². The first-order valence-corrected chi connectivity index (χ1v) is 14.3. The molecule has 0 aliphatic heterocycles. The van der Waals surface area contributed by atoms with E-state index < -0.39 is 35.6 Å². The van der Waals surface area contributed by atoms with Crippen LogP contribution < -0.4 is 10.6 Å². The summed E-state index contributed by atoms with van der Waals surface area (Å²) < 4.78 is 38.9. The minimum atomic E-state index is -4.57. The number of halogens is 3. The van der Waals surface area contributed by atoms with E-state index in [4.69, 9.17) is 0 Å². The summed E-state index contributed by atoms with van der Waals surface area (Å²) >= 11 is 1.32. The molecule has 0 spiro atoms. The number of carbonyl (C=O) groups excluding carboxylic acids is 2. The smallest absolute Gasteiger partial charge is 0.416 e. The highest BCUT2D eigenvalue weighted by Gasteiger charge is 2.30. The number of thioether (sulfide) groups is 1. The van der Waals surface area contributed by atoms with Crippen LogP contribution in [0.25, 0.3) is 17.2 Å². The summed E-state index contributed by atoms with van der Waals surface area (Å²) in [6, 6.07) is 28.4. The molecule has 0 aliphatic rings. The number of alkyl halides is 3. The van der Waals surface area contributed by atoms with Crippen LogP contribution in [0.5, 0.6) is 0 Å². The number of amides is 2. The molecule has 0 fully saturated rings. The number of hydrogen-bond acceptors (Lipinski definition) is 4. The third kappa shape index (κ3) is 9.08. The van der Waals surface area contributed by atoms with E-state index in [0.29, 0.717) is 11.3 Å². The van der Waals surface area contributed by atoms with Gasteiger partial charge < -0.3 is 15.7 Å². The van der Waals surface area contributed by atoms with E-state index >= 15 is 0 Å². The third-order valence-corrected chi connectivity index (χ3v) is 7.40. The molecule has 4 aromatic carbocycles. The molecule has 3 N–H and O–H groups in total. The molecule has 6 nitrogen and oxygen atoms in total. The summed E-state index contributed by atoms with van der Waals surface area (Å²) in [4.78, 5) is 38.2. The van der Waals surface area contributed by atoms with Crippen molar-refractivity contribution in [2.24, 2.45) is 0 Å². The Morgan fingerprint density at radius 3 is 1.95 bits per heavy atom. The van der Waals surface area contributed by atoms with Crippen molar-refractivity contribution in [1.82, 2.24) is 10.6 Å². The lowest BCUT2D eigenvalue weighted by atomic mass is 10.0. The molecule has 4 aromatic rings. The molecule has 0 aliphatic carbocycles. The van der Waals surface area contributed by atoms with Crippen LogP contribution in [0.2, 0.25) is 0 Å². The summed E-state index contributed by atoms with van der Waals surface area (Å²) in [6.07, 6.45) is -3.20. The van der Waals surface area contributed by atoms with E-state index in [1.165, 1.54) is 17.8 Å². The minimum Gasteiger partial charge on any atom is -0.480 e. The van der Waals surface area contributed by atoms with E-state index in [1.54, 1.807) is 12.1 Å². The zero-order valence-corrected chi connectivity index (χ0v) is 23.5. The van der Waals surface area contributed by atoms with Crippen LogP contribution in [0, 0.1) is 0 Å². The molecule has 1 atom stereocenters. The molecule has 2 amide bonds. The predicted octanol–water partition coefficient (Wildman–Crippen LogP) is 6.65. The summed E-state index contributed by atoms with van der Waals surface area (Å²) in [7, 11) is 0. The fraction of sp³-hybridized carbons (Fsp3) is 0.121. The van der Waals surface area contributed by atoms with Crippen LogP contribution in [-0.4, -0.2) is 34.7 Å². The van der Waals surface area contributed by atoms with Gasteiger partial charge in [-0.25, -0.2) is 4.79 Å². The van der Waals surface area contributed by atoms with Crippen LogP contribution in [-0.2, 0) is 21.5 Å². The zero-order chi connectivity index (χ0) is 30.8. The topological polar surface area (TPSA) is 95.5 Å². The number of carbonyl (C=O) groups is 3. The molecular weight excluding hydrogens is 577 g/mol. The van der Waals surface area contributed by atoms with Crippen LogP contribution in [0.1, 0.15) is 27.0 Å². The Bertz CT molecular complexity index is 1570. The maximum absolute atomic E-state index is 13.3. The SMILES string of the molecule is O=C(N[C@@H](CSCc1ccccc1)C(=O)O)C(=Cc1ccc(-c2ccccc2)cc1)NC(=O)c1ccc(C(F)(F)F)cc1. The van der Waals surface area contributed by atoms with Gasteiger partial charge in [0.1, 0.15) is 11.7 Å². The number of nitrogens with one attached hydrogen (secondary N) is 2. The zero-order valence-electron chi connectivity index (χ0n) is 22.7. The van der Waals surface area contributed by atoms with Crippen molar-refractivity contribution in [2.45, 2.75) is 18.0 Å². The second-order valence-electron chi connectivity index (χ2n) is 9.44. The second kappa shape index (κ2) is 14.4. The largest absolute Gasteiger partial charge is 0.480 e. The molecule has 0 unspecified atom stereocenters. The number of carboxylic acid groups (broad SMARTS) is 1. The van der Waals surface area contributed by atoms with Crippen LogP contribution in [0.15, 0.2) is 115 Å². The molecule has 0 radical (unpaired) electrons. The van der Waals surface area contributed by atoms with Crippen molar-refractivity contribution in [3.8, 4) is 11.1 Å². The maximum atomic E-state index is 13.3. The van der Waals surface area contributed by atoms with Gasteiger partial charge in [0.2, 0.25) is 0 Å². The van der Waals surface area contributed by atoms with E-state index in [0.717, 1.165) is 41.0 Å². The van der Waals surface area contributed by atoms with E-state index in [-0.39, 0.29) is 17.0 Å². The average molecular weight is 605 g/mol. The fourth-order valence-corrected chi connectivity index (χ4v) is 5.02. The predicted molar refractivity (Wildman–Crippen MR) is 161 cm³/mol.